The zero-order valence-electron chi connectivity index (χ0n) is 10.2. The SMILES string of the molecule is COC(=O)c1c[nH]c(C(=O)c2ccccc2C)c1. The Balaban J connectivity index is 2.33. The van der Waals surface area contributed by atoms with Gasteiger partial charge >= 0.3 is 5.97 Å². The third-order valence-electron chi connectivity index (χ3n) is 2.74. The van der Waals surface area contributed by atoms with Gasteiger partial charge in [0.2, 0.25) is 5.78 Å². The summed E-state index contributed by atoms with van der Waals surface area (Å²) in [4.78, 5) is 26.3. The molecular weight excluding hydrogens is 230 g/mol. The molecule has 1 N–H and O–H groups in total. The van der Waals surface area contributed by atoms with E-state index in [9.17, 15) is 9.59 Å². The first-order chi connectivity index (χ1) is 8.63. The van der Waals surface area contributed by atoms with Crippen molar-refractivity contribution in [2.24, 2.45) is 0 Å². The van der Waals surface area contributed by atoms with Gasteiger partial charge in [0.15, 0.2) is 0 Å². The smallest absolute Gasteiger partial charge is 0.339 e. The number of H-pyrrole nitrogens is 1. The molecule has 2 aromatic rings. The Kier molecular flexibility index (Phi) is 3.28. The average molecular weight is 243 g/mol. The third kappa shape index (κ3) is 2.18. The van der Waals surface area contributed by atoms with E-state index in [2.05, 4.69) is 9.72 Å². The number of nitrogens with one attached hydrogen (secondary N) is 1. The highest BCUT2D eigenvalue weighted by Crippen LogP contribution is 2.14. The van der Waals surface area contributed by atoms with Crippen LogP contribution in [0.2, 0.25) is 0 Å². The van der Waals surface area contributed by atoms with Gasteiger partial charge in [0, 0.05) is 11.8 Å². The van der Waals surface area contributed by atoms with Crippen LogP contribution in [0, 0.1) is 6.92 Å². The van der Waals surface area contributed by atoms with Crippen molar-refractivity contribution < 1.29 is 14.3 Å². The van der Waals surface area contributed by atoms with Crippen LogP contribution in [0.1, 0.15) is 32.0 Å². The molecular formula is C14H13NO3. The molecule has 0 aliphatic carbocycles. The summed E-state index contributed by atoms with van der Waals surface area (Å²) in [6, 6.07) is 8.82. The Morgan fingerprint density at radius 3 is 2.61 bits per heavy atom. The number of carbonyl (C=O) groups is 2. The van der Waals surface area contributed by atoms with E-state index in [4.69, 9.17) is 0 Å². The average Bonchev–Trinajstić information content (AvgIpc) is 2.87. The molecule has 4 nitrogen and oxygen atoms in total. The second-order valence-electron chi connectivity index (χ2n) is 3.94. The van der Waals surface area contributed by atoms with E-state index >= 15 is 0 Å². The molecule has 18 heavy (non-hydrogen) atoms. The number of benzene rings is 1. The minimum Gasteiger partial charge on any atom is -0.465 e. The van der Waals surface area contributed by atoms with Gasteiger partial charge < -0.3 is 9.72 Å². The van der Waals surface area contributed by atoms with E-state index in [1.54, 1.807) is 6.07 Å². The summed E-state index contributed by atoms with van der Waals surface area (Å²) < 4.78 is 4.59. The highest BCUT2D eigenvalue weighted by Gasteiger charge is 2.15. The first-order valence-electron chi connectivity index (χ1n) is 5.50. The van der Waals surface area contributed by atoms with E-state index in [1.807, 2.05) is 25.1 Å². The third-order valence-corrected chi connectivity index (χ3v) is 2.74. The van der Waals surface area contributed by atoms with Gasteiger partial charge in [-0.15, -0.1) is 0 Å². The molecule has 0 amide bonds. The Morgan fingerprint density at radius 1 is 1.22 bits per heavy atom. The van der Waals surface area contributed by atoms with Crippen LogP contribution < -0.4 is 0 Å². The van der Waals surface area contributed by atoms with Crippen LogP contribution in [0.25, 0.3) is 0 Å². The summed E-state index contributed by atoms with van der Waals surface area (Å²) in [5, 5.41) is 0. The number of aromatic amines is 1. The monoisotopic (exact) mass is 243 g/mol. The first kappa shape index (κ1) is 12.1. The largest absolute Gasteiger partial charge is 0.465 e. The number of rotatable bonds is 3. The van der Waals surface area contributed by atoms with Crippen LogP contribution in [-0.2, 0) is 4.74 Å². The van der Waals surface area contributed by atoms with Crippen molar-refractivity contribution in [1.82, 2.24) is 4.98 Å². The minimum atomic E-state index is -0.463. The molecule has 0 bridgehead atoms. The molecule has 0 radical (unpaired) electrons. The molecule has 0 fully saturated rings. The Labute approximate surface area is 105 Å². The van der Waals surface area contributed by atoms with Crippen LogP contribution >= 0.6 is 0 Å². The second kappa shape index (κ2) is 4.87. The summed E-state index contributed by atoms with van der Waals surface area (Å²) in [5.41, 5.74) is 2.24. The fourth-order valence-corrected chi connectivity index (χ4v) is 1.73. The van der Waals surface area contributed by atoms with Gasteiger partial charge in [-0.3, -0.25) is 4.79 Å². The maximum absolute atomic E-state index is 12.2. The molecule has 1 aromatic heterocycles. The highest BCUT2D eigenvalue weighted by atomic mass is 16.5. The number of carbonyl (C=O) groups excluding carboxylic acids is 2. The molecule has 0 saturated carbocycles. The number of hydrogen-bond acceptors (Lipinski definition) is 3. The van der Waals surface area contributed by atoms with E-state index in [-0.39, 0.29) is 5.78 Å². The van der Waals surface area contributed by atoms with Crippen molar-refractivity contribution in [1.29, 1.82) is 0 Å². The van der Waals surface area contributed by atoms with Crippen molar-refractivity contribution in [3.05, 3.63) is 58.9 Å². The Hall–Kier alpha value is -2.36. The number of esters is 1. The van der Waals surface area contributed by atoms with Crippen LogP contribution in [0.4, 0.5) is 0 Å². The number of ether oxygens (including phenoxy) is 1. The molecule has 1 heterocycles. The lowest BCUT2D eigenvalue weighted by atomic mass is 10.0. The number of aromatic nitrogens is 1. The van der Waals surface area contributed by atoms with Crippen molar-refractivity contribution in [2.45, 2.75) is 6.92 Å². The maximum atomic E-state index is 12.2. The lowest BCUT2D eigenvalue weighted by molar-refractivity contribution is 0.0601. The molecule has 0 aliphatic rings. The van der Waals surface area contributed by atoms with E-state index in [1.165, 1.54) is 19.4 Å². The summed E-state index contributed by atoms with van der Waals surface area (Å²) in [6.45, 7) is 1.87. The van der Waals surface area contributed by atoms with Crippen molar-refractivity contribution in [3.63, 3.8) is 0 Å². The van der Waals surface area contributed by atoms with Gasteiger partial charge in [0.05, 0.1) is 18.4 Å². The second-order valence-corrected chi connectivity index (χ2v) is 3.94. The summed E-state index contributed by atoms with van der Waals surface area (Å²) >= 11 is 0. The normalized spacial score (nSPS) is 10.1. The van der Waals surface area contributed by atoms with Gasteiger partial charge in [-0.25, -0.2) is 4.79 Å². The number of ketones is 1. The quantitative estimate of drug-likeness (QED) is 0.665. The fourth-order valence-electron chi connectivity index (χ4n) is 1.73. The molecule has 4 heteroatoms. The van der Waals surface area contributed by atoms with Crippen molar-refractivity contribution in [2.75, 3.05) is 7.11 Å². The summed E-state index contributed by atoms with van der Waals surface area (Å²) in [6.07, 6.45) is 1.47. The van der Waals surface area contributed by atoms with Crippen LogP contribution in [0.15, 0.2) is 36.5 Å². The van der Waals surface area contributed by atoms with Crippen LogP contribution in [0.5, 0.6) is 0 Å². The lowest BCUT2D eigenvalue weighted by Gasteiger charge is -2.02. The lowest BCUT2D eigenvalue weighted by Crippen LogP contribution is -2.04. The van der Waals surface area contributed by atoms with E-state index < -0.39 is 5.97 Å². The van der Waals surface area contributed by atoms with Crippen LogP contribution in [0.3, 0.4) is 0 Å². The molecule has 0 spiro atoms. The molecule has 2 rings (SSSR count). The van der Waals surface area contributed by atoms with Gasteiger partial charge in [-0.2, -0.15) is 0 Å². The molecule has 1 aromatic carbocycles. The van der Waals surface area contributed by atoms with Crippen molar-refractivity contribution in [3.8, 4) is 0 Å². The van der Waals surface area contributed by atoms with Crippen LogP contribution in [-0.4, -0.2) is 23.8 Å². The van der Waals surface area contributed by atoms with Crippen molar-refractivity contribution >= 4 is 11.8 Å². The van der Waals surface area contributed by atoms with Gasteiger partial charge in [0.1, 0.15) is 0 Å². The predicted molar refractivity (Wildman–Crippen MR) is 66.7 cm³/mol. The van der Waals surface area contributed by atoms with Gasteiger partial charge in [0.25, 0.3) is 0 Å². The van der Waals surface area contributed by atoms with E-state index in [0.29, 0.717) is 16.8 Å². The topological polar surface area (TPSA) is 59.2 Å². The molecule has 0 unspecified atom stereocenters. The van der Waals surface area contributed by atoms with Gasteiger partial charge in [-0.05, 0) is 18.6 Å². The highest BCUT2D eigenvalue weighted by molar-refractivity contribution is 6.09. The number of hydrogen-bond donors (Lipinski definition) is 1. The molecule has 0 aliphatic heterocycles. The summed E-state index contributed by atoms with van der Waals surface area (Å²) in [5.74, 6) is -0.599. The maximum Gasteiger partial charge on any atom is 0.339 e. The molecule has 0 atom stereocenters. The first-order valence-corrected chi connectivity index (χ1v) is 5.50. The fraction of sp³-hybridized carbons (Fsp3) is 0.143. The zero-order chi connectivity index (χ0) is 13.1. The zero-order valence-corrected chi connectivity index (χ0v) is 10.2. The predicted octanol–water partition coefficient (Wildman–Crippen LogP) is 2.34. The number of methoxy groups -OCH3 is 1. The minimum absolute atomic E-state index is 0.136. The molecule has 92 valence electrons. The Bertz CT molecular complexity index is 599. The Morgan fingerprint density at radius 2 is 1.94 bits per heavy atom. The standard InChI is InChI=1S/C14H13NO3/c1-9-5-3-4-6-11(9)13(16)12-7-10(8-15-12)14(17)18-2/h3-8,15H,1-2H3. The van der Waals surface area contributed by atoms with Gasteiger partial charge in [-0.1, -0.05) is 24.3 Å². The van der Waals surface area contributed by atoms with E-state index in [0.717, 1.165) is 5.56 Å². The summed E-state index contributed by atoms with van der Waals surface area (Å²) in [7, 11) is 1.30. The number of aryl methyl sites for hydroxylation is 1. The molecule has 0 saturated heterocycles.